The van der Waals surface area contributed by atoms with Crippen LogP contribution in [0.15, 0.2) is 0 Å². The van der Waals surface area contributed by atoms with Gasteiger partial charge in [-0.1, -0.05) is 6.92 Å². The van der Waals surface area contributed by atoms with E-state index >= 15 is 0 Å². The number of rotatable bonds is 3. The van der Waals surface area contributed by atoms with Gasteiger partial charge in [-0.2, -0.15) is 0 Å². The highest BCUT2D eigenvalue weighted by Gasteiger charge is 2.21. The van der Waals surface area contributed by atoms with E-state index in [2.05, 4.69) is 11.8 Å². The van der Waals surface area contributed by atoms with E-state index in [-0.39, 0.29) is 0 Å². The van der Waals surface area contributed by atoms with Crippen LogP contribution in [0.4, 0.5) is 0 Å². The van der Waals surface area contributed by atoms with Gasteiger partial charge in [0.25, 0.3) is 0 Å². The fourth-order valence-electron chi connectivity index (χ4n) is 1.69. The van der Waals surface area contributed by atoms with E-state index in [1.165, 1.54) is 25.9 Å². The Balaban J connectivity index is 2.27. The van der Waals surface area contributed by atoms with Crippen molar-refractivity contribution in [3.05, 3.63) is 0 Å². The van der Waals surface area contributed by atoms with Gasteiger partial charge in [0.2, 0.25) is 0 Å². The standard InChI is InChI=1S/C8H17NO/c1-3-9-6-4-5-8(9)7-10-2/h8H,3-7H2,1-2H3/t8-/m1/s1. The van der Waals surface area contributed by atoms with E-state index in [1.54, 1.807) is 7.11 Å². The zero-order valence-electron chi connectivity index (χ0n) is 6.97. The summed E-state index contributed by atoms with van der Waals surface area (Å²) in [6.07, 6.45) is 2.67. The number of nitrogens with zero attached hydrogens (tertiary/aromatic N) is 1. The number of methoxy groups -OCH3 is 1. The van der Waals surface area contributed by atoms with Gasteiger partial charge in [-0.05, 0) is 25.9 Å². The number of likely N-dealkylation sites (N-methyl/N-ethyl adjacent to an activating group) is 1. The highest BCUT2D eigenvalue weighted by Crippen LogP contribution is 2.15. The lowest BCUT2D eigenvalue weighted by Gasteiger charge is -2.21. The van der Waals surface area contributed by atoms with Gasteiger partial charge in [-0.15, -0.1) is 0 Å². The quantitative estimate of drug-likeness (QED) is 0.587. The summed E-state index contributed by atoms with van der Waals surface area (Å²) in [5.74, 6) is 0. The van der Waals surface area contributed by atoms with Crippen molar-refractivity contribution in [3.8, 4) is 0 Å². The van der Waals surface area contributed by atoms with E-state index in [0.29, 0.717) is 6.04 Å². The molecule has 0 N–H and O–H groups in total. The summed E-state index contributed by atoms with van der Waals surface area (Å²) in [5.41, 5.74) is 0. The zero-order valence-corrected chi connectivity index (χ0v) is 6.97. The first-order chi connectivity index (χ1) is 4.88. The molecule has 2 heteroatoms. The molecule has 1 aliphatic rings. The van der Waals surface area contributed by atoms with Gasteiger partial charge in [0.15, 0.2) is 0 Å². The summed E-state index contributed by atoms with van der Waals surface area (Å²) in [7, 11) is 1.78. The lowest BCUT2D eigenvalue weighted by atomic mass is 10.2. The number of ether oxygens (including phenoxy) is 1. The Kier molecular flexibility index (Phi) is 3.16. The van der Waals surface area contributed by atoms with E-state index < -0.39 is 0 Å². The first-order valence-corrected chi connectivity index (χ1v) is 4.11. The highest BCUT2D eigenvalue weighted by atomic mass is 16.5. The van der Waals surface area contributed by atoms with Crippen molar-refractivity contribution in [2.75, 3.05) is 26.8 Å². The normalized spacial score (nSPS) is 27.6. The second-order valence-electron chi connectivity index (χ2n) is 2.88. The minimum atomic E-state index is 0.704. The van der Waals surface area contributed by atoms with Gasteiger partial charge in [0.05, 0.1) is 6.61 Å². The molecule has 0 amide bonds. The Hall–Kier alpha value is -0.0800. The smallest absolute Gasteiger partial charge is 0.0618 e. The van der Waals surface area contributed by atoms with Crippen LogP contribution in [0.2, 0.25) is 0 Å². The third-order valence-corrected chi connectivity index (χ3v) is 2.26. The molecule has 10 heavy (non-hydrogen) atoms. The number of hydrogen-bond donors (Lipinski definition) is 0. The van der Waals surface area contributed by atoms with Crippen molar-refractivity contribution in [1.29, 1.82) is 0 Å². The van der Waals surface area contributed by atoms with Crippen molar-refractivity contribution >= 4 is 0 Å². The molecule has 60 valence electrons. The molecule has 0 unspecified atom stereocenters. The topological polar surface area (TPSA) is 12.5 Å². The van der Waals surface area contributed by atoms with Gasteiger partial charge in [0.1, 0.15) is 0 Å². The number of likely N-dealkylation sites (tertiary alicyclic amines) is 1. The third-order valence-electron chi connectivity index (χ3n) is 2.26. The molecule has 1 heterocycles. The Morgan fingerprint density at radius 3 is 3.00 bits per heavy atom. The Bertz CT molecular complexity index is 95.3. The predicted molar refractivity (Wildman–Crippen MR) is 42.1 cm³/mol. The summed E-state index contributed by atoms with van der Waals surface area (Å²) in [6.45, 7) is 5.57. The van der Waals surface area contributed by atoms with E-state index in [9.17, 15) is 0 Å². The molecule has 2 nitrogen and oxygen atoms in total. The second kappa shape index (κ2) is 3.94. The predicted octanol–water partition coefficient (Wildman–Crippen LogP) is 1.12. The van der Waals surface area contributed by atoms with Crippen LogP contribution in [-0.4, -0.2) is 37.7 Å². The summed E-state index contributed by atoms with van der Waals surface area (Å²) < 4.78 is 5.12. The lowest BCUT2D eigenvalue weighted by molar-refractivity contribution is 0.119. The van der Waals surface area contributed by atoms with Gasteiger partial charge in [0, 0.05) is 13.2 Å². The molecule has 1 saturated heterocycles. The van der Waals surface area contributed by atoms with Crippen molar-refractivity contribution in [2.45, 2.75) is 25.8 Å². The molecule has 1 rings (SSSR count). The van der Waals surface area contributed by atoms with Gasteiger partial charge in [-0.3, -0.25) is 4.90 Å². The second-order valence-corrected chi connectivity index (χ2v) is 2.88. The first kappa shape index (κ1) is 8.02. The molecular weight excluding hydrogens is 126 g/mol. The van der Waals surface area contributed by atoms with E-state index in [1.807, 2.05) is 0 Å². The van der Waals surface area contributed by atoms with Crippen LogP contribution in [0.25, 0.3) is 0 Å². The molecule has 0 radical (unpaired) electrons. The van der Waals surface area contributed by atoms with Crippen LogP contribution in [-0.2, 0) is 4.74 Å². The molecule has 0 aliphatic carbocycles. The molecular formula is C8H17NO. The van der Waals surface area contributed by atoms with Crippen molar-refractivity contribution < 1.29 is 4.74 Å². The van der Waals surface area contributed by atoms with Crippen molar-refractivity contribution in [2.24, 2.45) is 0 Å². The minimum Gasteiger partial charge on any atom is -0.383 e. The lowest BCUT2D eigenvalue weighted by Crippen LogP contribution is -2.32. The largest absolute Gasteiger partial charge is 0.383 e. The van der Waals surface area contributed by atoms with Gasteiger partial charge < -0.3 is 4.74 Å². The molecule has 0 spiro atoms. The molecule has 1 atom stereocenters. The van der Waals surface area contributed by atoms with Gasteiger partial charge >= 0.3 is 0 Å². The summed E-state index contributed by atoms with van der Waals surface area (Å²) in [4.78, 5) is 2.49. The van der Waals surface area contributed by atoms with Crippen molar-refractivity contribution in [1.82, 2.24) is 4.90 Å². The maximum Gasteiger partial charge on any atom is 0.0618 e. The molecule has 0 aromatic heterocycles. The molecule has 0 saturated carbocycles. The zero-order chi connectivity index (χ0) is 7.40. The first-order valence-electron chi connectivity index (χ1n) is 4.11. The van der Waals surface area contributed by atoms with Crippen LogP contribution in [0.1, 0.15) is 19.8 Å². The maximum atomic E-state index is 5.12. The van der Waals surface area contributed by atoms with Crippen LogP contribution in [0.5, 0.6) is 0 Å². The fourth-order valence-corrected chi connectivity index (χ4v) is 1.69. The Morgan fingerprint density at radius 1 is 1.60 bits per heavy atom. The Labute approximate surface area is 63.2 Å². The van der Waals surface area contributed by atoms with E-state index in [4.69, 9.17) is 4.74 Å². The molecule has 0 aromatic rings. The number of hydrogen-bond acceptors (Lipinski definition) is 2. The Morgan fingerprint density at radius 2 is 2.40 bits per heavy atom. The summed E-state index contributed by atoms with van der Waals surface area (Å²) in [5, 5.41) is 0. The maximum absolute atomic E-state index is 5.12. The molecule has 1 aliphatic heterocycles. The fraction of sp³-hybridized carbons (Fsp3) is 1.00. The molecule has 0 aromatic carbocycles. The average Bonchev–Trinajstić information content (AvgIpc) is 2.36. The van der Waals surface area contributed by atoms with Crippen LogP contribution in [0.3, 0.4) is 0 Å². The minimum absolute atomic E-state index is 0.704. The SMILES string of the molecule is CCN1CCC[C@@H]1COC. The summed E-state index contributed by atoms with van der Waals surface area (Å²) in [6, 6.07) is 0.704. The van der Waals surface area contributed by atoms with Crippen LogP contribution in [0, 0.1) is 0 Å². The summed E-state index contributed by atoms with van der Waals surface area (Å²) >= 11 is 0. The molecule has 1 fully saturated rings. The van der Waals surface area contributed by atoms with Crippen LogP contribution < -0.4 is 0 Å². The van der Waals surface area contributed by atoms with Crippen molar-refractivity contribution in [3.63, 3.8) is 0 Å². The molecule has 0 bridgehead atoms. The van der Waals surface area contributed by atoms with Crippen LogP contribution >= 0.6 is 0 Å². The average molecular weight is 143 g/mol. The van der Waals surface area contributed by atoms with E-state index in [0.717, 1.165) is 6.61 Å². The highest BCUT2D eigenvalue weighted by molar-refractivity contribution is 4.77. The monoisotopic (exact) mass is 143 g/mol. The third kappa shape index (κ3) is 1.70. The van der Waals surface area contributed by atoms with Gasteiger partial charge in [-0.25, -0.2) is 0 Å².